The van der Waals surface area contributed by atoms with Crippen LogP contribution in [0.3, 0.4) is 0 Å². The van der Waals surface area contributed by atoms with E-state index in [4.69, 9.17) is 4.74 Å². The van der Waals surface area contributed by atoms with E-state index in [1.165, 1.54) is 5.56 Å². The molecule has 0 unspecified atom stereocenters. The SMILES string of the molecule is Cc1c(NC2=NCCC2)cccc1OCc1ccccc1.Cl. The van der Waals surface area contributed by atoms with Crippen molar-refractivity contribution >= 4 is 23.9 Å². The zero-order chi connectivity index (χ0) is 14.5. The topological polar surface area (TPSA) is 33.6 Å². The zero-order valence-corrected chi connectivity index (χ0v) is 13.5. The fraction of sp³-hybridized carbons (Fsp3) is 0.278. The first-order chi connectivity index (χ1) is 10.3. The summed E-state index contributed by atoms with van der Waals surface area (Å²) in [6, 6.07) is 16.3. The molecule has 3 rings (SSSR count). The van der Waals surface area contributed by atoms with Crippen LogP contribution in [0.4, 0.5) is 5.69 Å². The van der Waals surface area contributed by atoms with Gasteiger partial charge in [0.15, 0.2) is 0 Å². The number of nitrogens with zero attached hydrogens (tertiary/aromatic N) is 1. The summed E-state index contributed by atoms with van der Waals surface area (Å²) in [6.45, 7) is 3.61. The molecule has 1 aliphatic rings. The van der Waals surface area contributed by atoms with E-state index in [9.17, 15) is 0 Å². The van der Waals surface area contributed by atoms with Gasteiger partial charge in [0.2, 0.25) is 0 Å². The lowest BCUT2D eigenvalue weighted by molar-refractivity contribution is 0.304. The fourth-order valence-electron chi connectivity index (χ4n) is 2.44. The van der Waals surface area contributed by atoms with Crippen LogP contribution in [0.25, 0.3) is 0 Å². The third kappa shape index (κ3) is 4.01. The zero-order valence-electron chi connectivity index (χ0n) is 12.7. The summed E-state index contributed by atoms with van der Waals surface area (Å²) in [5, 5.41) is 3.42. The van der Waals surface area contributed by atoms with Crippen molar-refractivity contribution in [3.8, 4) is 5.75 Å². The summed E-state index contributed by atoms with van der Waals surface area (Å²) in [5.41, 5.74) is 3.39. The molecule has 1 aliphatic heterocycles. The number of hydrogen-bond acceptors (Lipinski definition) is 3. The summed E-state index contributed by atoms with van der Waals surface area (Å²) in [7, 11) is 0. The molecule has 0 bridgehead atoms. The summed E-state index contributed by atoms with van der Waals surface area (Å²) < 4.78 is 5.95. The smallest absolute Gasteiger partial charge is 0.124 e. The maximum Gasteiger partial charge on any atom is 0.124 e. The Morgan fingerprint density at radius 1 is 1.09 bits per heavy atom. The molecule has 4 heteroatoms. The number of halogens is 1. The highest BCUT2D eigenvalue weighted by molar-refractivity contribution is 5.97. The summed E-state index contributed by atoms with van der Waals surface area (Å²) in [6.07, 6.45) is 2.18. The molecule has 0 aromatic heterocycles. The van der Waals surface area contributed by atoms with E-state index in [1.807, 2.05) is 30.3 Å². The van der Waals surface area contributed by atoms with Gasteiger partial charge in [0.25, 0.3) is 0 Å². The van der Waals surface area contributed by atoms with Crippen molar-refractivity contribution in [1.82, 2.24) is 0 Å². The molecule has 0 radical (unpaired) electrons. The molecule has 116 valence electrons. The van der Waals surface area contributed by atoms with Gasteiger partial charge in [0.1, 0.15) is 18.2 Å². The van der Waals surface area contributed by atoms with Crippen LogP contribution in [0.15, 0.2) is 53.5 Å². The average Bonchev–Trinajstić information content (AvgIpc) is 3.02. The predicted molar refractivity (Wildman–Crippen MR) is 94.4 cm³/mol. The number of hydrogen-bond donors (Lipinski definition) is 1. The molecule has 0 spiro atoms. The van der Waals surface area contributed by atoms with E-state index >= 15 is 0 Å². The Bertz CT molecular complexity index is 641. The van der Waals surface area contributed by atoms with E-state index in [-0.39, 0.29) is 12.4 Å². The molecule has 0 amide bonds. The molecule has 22 heavy (non-hydrogen) atoms. The van der Waals surface area contributed by atoms with Gasteiger partial charge in [-0.3, -0.25) is 4.99 Å². The normalized spacial score (nSPS) is 13.2. The Hall–Kier alpha value is -2.00. The van der Waals surface area contributed by atoms with Gasteiger partial charge in [-0.05, 0) is 31.0 Å². The molecule has 0 atom stereocenters. The van der Waals surface area contributed by atoms with Crippen LogP contribution in [-0.4, -0.2) is 12.4 Å². The highest BCUT2D eigenvalue weighted by atomic mass is 35.5. The van der Waals surface area contributed by atoms with Gasteiger partial charge >= 0.3 is 0 Å². The van der Waals surface area contributed by atoms with Gasteiger partial charge in [-0.25, -0.2) is 0 Å². The first-order valence-electron chi connectivity index (χ1n) is 7.39. The molecular weight excluding hydrogens is 296 g/mol. The Balaban J connectivity index is 0.00000176. The largest absolute Gasteiger partial charge is 0.489 e. The van der Waals surface area contributed by atoms with E-state index in [0.717, 1.165) is 42.2 Å². The lowest BCUT2D eigenvalue weighted by Gasteiger charge is -2.14. The molecule has 0 fully saturated rings. The highest BCUT2D eigenvalue weighted by Crippen LogP contribution is 2.27. The molecule has 1 N–H and O–H groups in total. The van der Waals surface area contributed by atoms with Gasteiger partial charge in [-0.15, -0.1) is 12.4 Å². The van der Waals surface area contributed by atoms with Crippen molar-refractivity contribution in [3.05, 3.63) is 59.7 Å². The van der Waals surface area contributed by atoms with Gasteiger partial charge in [0.05, 0.1) is 0 Å². The maximum atomic E-state index is 5.95. The van der Waals surface area contributed by atoms with Crippen LogP contribution in [-0.2, 0) is 6.61 Å². The molecule has 3 nitrogen and oxygen atoms in total. The monoisotopic (exact) mass is 316 g/mol. The van der Waals surface area contributed by atoms with Crippen molar-refractivity contribution in [2.45, 2.75) is 26.4 Å². The second-order valence-corrected chi connectivity index (χ2v) is 5.26. The van der Waals surface area contributed by atoms with Crippen LogP contribution in [0, 0.1) is 6.92 Å². The summed E-state index contributed by atoms with van der Waals surface area (Å²) in [5.74, 6) is 2.00. The Labute approximate surface area is 137 Å². The van der Waals surface area contributed by atoms with Crippen LogP contribution in [0.5, 0.6) is 5.75 Å². The molecule has 0 saturated carbocycles. The number of ether oxygens (including phenoxy) is 1. The molecule has 1 heterocycles. The fourth-order valence-corrected chi connectivity index (χ4v) is 2.44. The molecule has 2 aromatic carbocycles. The van der Waals surface area contributed by atoms with Gasteiger partial charge in [-0.2, -0.15) is 0 Å². The minimum absolute atomic E-state index is 0. The molecule has 0 saturated heterocycles. The quantitative estimate of drug-likeness (QED) is 0.894. The molecule has 2 aromatic rings. The van der Waals surface area contributed by atoms with Gasteiger partial charge in [-0.1, -0.05) is 36.4 Å². The summed E-state index contributed by atoms with van der Waals surface area (Å²) >= 11 is 0. The Morgan fingerprint density at radius 3 is 2.64 bits per heavy atom. The second kappa shape index (κ2) is 7.85. The number of aliphatic imine (C=N–C) groups is 1. The van der Waals surface area contributed by atoms with Crippen LogP contribution in [0.2, 0.25) is 0 Å². The van der Waals surface area contributed by atoms with Crippen LogP contribution >= 0.6 is 12.4 Å². The van der Waals surface area contributed by atoms with Crippen molar-refractivity contribution in [3.63, 3.8) is 0 Å². The van der Waals surface area contributed by atoms with Crippen molar-refractivity contribution < 1.29 is 4.74 Å². The van der Waals surface area contributed by atoms with Gasteiger partial charge in [0, 0.05) is 24.2 Å². The second-order valence-electron chi connectivity index (χ2n) is 5.26. The predicted octanol–water partition coefficient (Wildman–Crippen LogP) is 4.60. The van der Waals surface area contributed by atoms with E-state index in [2.05, 4.69) is 35.4 Å². The number of anilines is 1. The van der Waals surface area contributed by atoms with E-state index in [1.54, 1.807) is 0 Å². The maximum absolute atomic E-state index is 5.95. The van der Waals surface area contributed by atoms with E-state index in [0.29, 0.717) is 6.61 Å². The lowest BCUT2D eigenvalue weighted by atomic mass is 10.1. The standard InChI is InChI=1S/C18H20N2O.ClH/c1-14-16(20-18-11-6-12-19-18)9-5-10-17(14)21-13-15-7-3-2-4-8-15;/h2-5,7-10H,6,11-13H2,1H3,(H,19,20);1H. The minimum atomic E-state index is 0. The Kier molecular flexibility index (Phi) is 5.84. The number of amidine groups is 1. The lowest BCUT2D eigenvalue weighted by Crippen LogP contribution is -2.10. The number of benzene rings is 2. The molecular formula is C18H21ClN2O. The number of nitrogens with one attached hydrogen (secondary N) is 1. The van der Waals surface area contributed by atoms with Crippen molar-refractivity contribution in [2.24, 2.45) is 4.99 Å². The third-order valence-electron chi connectivity index (χ3n) is 3.67. The first kappa shape index (κ1) is 16.4. The highest BCUT2D eigenvalue weighted by Gasteiger charge is 2.10. The third-order valence-corrected chi connectivity index (χ3v) is 3.67. The first-order valence-corrected chi connectivity index (χ1v) is 7.39. The van der Waals surface area contributed by atoms with Gasteiger partial charge < -0.3 is 10.1 Å². The van der Waals surface area contributed by atoms with Crippen molar-refractivity contribution in [1.29, 1.82) is 0 Å². The Morgan fingerprint density at radius 2 is 1.91 bits per heavy atom. The summed E-state index contributed by atoms with van der Waals surface area (Å²) in [4.78, 5) is 4.46. The number of rotatable bonds is 4. The van der Waals surface area contributed by atoms with Crippen LogP contribution in [0.1, 0.15) is 24.0 Å². The minimum Gasteiger partial charge on any atom is -0.489 e. The molecule has 0 aliphatic carbocycles. The van der Waals surface area contributed by atoms with Crippen LogP contribution < -0.4 is 10.1 Å². The van der Waals surface area contributed by atoms with E-state index < -0.39 is 0 Å². The average molecular weight is 317 g/mol. The van der Waals surface area contributed by atoms with Crippen molar-refractivity contribution in [2.75, 3.05) is 11.9 Å².